The predicted octanol–water partition coefficient (Wildman–Crippen LogP) is 3.61. The Kier molecular flexibility index (Phi) is 4.20. The second kappa shape index (κ2) is 5.70. The van der Waals surface area contributed by atoms with E-state index in [1.165, 1.54) is 11.3 Å². The van der Waals surface area contributed by atoms with Crippen LogP contribution in [0.15, 0.2) is 29.6 Å². The lowest BCUT2D eigenvalue weighted by Crippen LogP contribution is -2.15. The molecule has 2 N–H and O–H groups in total. The van der Waals surface area contributed by atoms with Gasteiger partial charge in [0.15, 0.2) is 0 Å². The van der Waals surface area contributed by atoms with E-state index in [1.807, 2.05) is 0 Å². The number of aromatic carboxylic acids is 1. The quantitative estimate of drug-likeness (QED) is 0.791. The van der Waals surface area contributed by atoms with Crippen molar-refractivity contribution in [1.82, 2.24) is 0 Å². The molecule has 0 aliphatic heterocycles. The molecule has 0 aliphatic carbocycles. The minimum absolute atomic E-state index is 0.126. The number of amides is 1. The fourth-order valence-corrected chi connectivity index (χ4v) is 3.01. The van der Waals surface area contributed by atoms with E-state index in [0.717, 1.165) is 2.88 Å². The van der Waals surface area contributed by atoms with Crippen molar-refractivity contribution >= 4 is 51.5 Å². The number of benzene rings is 1. The van der Waals surface area contributed by atoms with Crippen LogP contribution in [0.2, 0.25) is 0 Å². The summed E-state index contributed by atoms with van der Waals surface area (Å²) in [6.07, 6.45) is 0. The van der Waals surface area contributed by atoms with Gasteiger partial charge >= 0.3 is 5.97 Å². The van der Waals surface area contributed by atoms with Crippen molar-refractivity contribution in [3.05, 3.63) is 49.2 Å². The third kappa shape index (κ3) is 3.13. The van der Waals surface area contributed by atoms with Gasteiger partial charge in [0, 0.05) is 5.38 Å². The molecule has 1 aromatic heterocycles. The number of carboxylic acid groups (broad SMARTS) is 1. The number of halogens is 1. The lowest BCUT2D eigenvalue weighted by Gasteiger charge is -2.09. The first kappa shape index (κ1) is 14.0. The number of carbonyl (C=O) groups excluding carboxylic acids is 1. The molecule has 1 heterocycles. The van der Waals surface area contributed by atoms with Gasteiger partial charge in [-0.15, -0.1) is 11.3 Å². The summed E-state index contributed by atoms with van der Waals surface area (Å²) < 4.78 is 1.01. The number of aryl methyl sites for hydroxylation is 1. The molecule has 0 saturated carbocycles. The lowest BCUT2D eigenvalue weighted by molar-refractivity contribution is 0.0697. The first-order valence-electron chi connectivity index (χ1n) is 5.37. The first-order valence-corrected chi connectivity index (χ1v) is 7.33. The Labute approximate surface area is 127 Å². The van der Waals surface area contributed by atoms with Gasteiger partial charge < -0.3 is 10.4 Å². The van der Waals surface area contributed by atoms with Crippen LogP contribution in [-0.2, 0) is 0 Å². The molecule has 1 aromatic carbocycles. The van der Waals surface area contributed by atoms with Gasteiger partial charge in [0.05, 0.1) is 19.7 Å². The maximum Gasteiger partial charge on any atom is 0.338 e. The van der Waals surface area contributed by atoms with Crippen molar-refractivity contribution in [3.63, 3.8) is 0 Å². The molecule has 6 heteroatoms. The summed E-state index contributed by atoms with van der Waals surface area (Å²) in [6, 6.07) is 6.77. The van der Waals surface area contributed by atoms with Gasteiger partial charge in [-0.05, 0) is 47.2 Å². The van der Waals surface area contributed by atoms with Gasteiger partial charge in [-0.3, -0.25) is 4.79 Å². The molecular weight excluding hydrogens is 377 g/mol. The Morgan fingerprint density at radius 1 is 1.37 bits per heavy atom. The molecule has 0 radical (unpaired) electrons. The Morgan fingerprint density at radius 2 is 2.11 bits per heavy atom. The normalized spacial score (nSPS) is 10.2. The number of anilines is 1. The van der Waals surface area contributed by atoms with Crippen LogP contribution in [0.3, 0.4) is 0 Å². The molecule has 19 heavy (non-hydrogen) atoms. The number of carbonyl (C=O) groups is 2. The van der Waals surface area contributed by atoms with Gasteiger partial charge in [0.25, 0.3) is 5.91 Å². The van der Waals surface area contributed by atoms with Crippen LogP contribution in [0, 0.1) is 9.81 Å². The molecule has 0 saturated heterocycles. The van der Waals surface area contributed by atoms with Crippen molar-refractivity contribution in [2.24, 2.45) is 0 Å². The standard InChI is InChI=1S/C13H10INO3S/c1-7-3-2-4-9(11(7)13(17)18)15-12(16)8-5-10(14)19-6-8/h2-6H,1H3,(H,15,16)(H,17,18). The number of nitrogens with one attached hydrogen (secondary N) is 1. The highest BCUT2D eigenvalue weighted by Crippen LogP contribution is 2.22. The highest BCUT2D eigenvalue weighted by atomic mass is 127. The number of thiophene rings is 1. The van der Waals surface area contributed by atoms with Crippen LogP contribution < -0.4 is 5.32 Å². The summed E-state index contributed by atoms with van der Waals surface area (Å²) >= 11 is 3.60. The third-order valence-electron chi connectivity index (χ3n) is 2.56. The highest BCUT2D eigenvalue weighted by molar-refractivity contribution is 14.1. The Balaban J connectivity index is 2.31. The average Bonchev–Trinajstić information content (AvgIpc) is 2.75. The van der Waals surface area contributed by atoms with Crippen LogP contribution in [0.5, 0.6) is 0 Å². The van der Waals surface area contributed by atoms with Crippen molar-refractivity contribution in [1.29, 1.82) is 0 Å². The highest BCUT2D eigenvalue weighted by Gasteiger charge is 2.16. The van der Waals surface area contributed by atoms with Crippen molar-refractivity contribution in [2.75, 3.05) is 5.32 Å². The largest absolute Gasteiger partial charge is 0.478 e. The summed E-state index contributed by atoms with van der Waals surface area (Å²) in [5.74, 6) is -1.35. The molecule has 0 fully saturated rings. The summed E-state index contributed by atoms with van der Waals surface area (Å²) in [5, 5.41) is 13.6. The molecular formula is C13H10INO3S. The Morgan fingerprint density at radius 3 is 2.68 bits per heavy atom. The predicted molar refractivity (Wildman–Crippen MR) is 83.1 cm³/mol. The van der Waals surface area contributed by atoms with Crippen molar-refractivity contribution in [2.45, 2.75) is 6.92 Å². The van der Waals surface area contributed by atoms with Gasteiger partial charge in [-0.1, -0.05) is 12.1 Å². The van der Waals surface area contributed by atoms with Crippen LogP contribution in [0.1, 0.15) is 26.3 Å². The molecule has 2 aromatic rings. The van der Waals surface area contributed by atoms with E-state index in [4.69, 9.17) is 0 Å². The third-order valence-corrected chi connectivity index (χ3v) is 4.35. The number of carboxylic acids is 1. The van der Waals surface area contributed by atoms with E-state index >= 15 is 0 Å². The zero-order valence-corrected chi connectivity index (χ0v) is 12.9. The zero-order valence-electron chi connectivity index (χ0n) is 9.94. The van der Waals surface area contributed by atoms with Gasteiger partial charge in [-0.25, -0.2) is 4.79 Å². The van der Waals surface area contributed by atoms with E-state index in [9.17, 15) is 14.7 Å². The fourth-order valence-electron chi connectivity index (χ4n) is 1.68. The monoisotopic (exact) mass is 387 g/mol. The fraction of sp³-hybridized carbons (Fsp3) is 0.0769. The smallest absolute Gasteiger partial charge is 0.338 e. The first-order chi connectivity index (χ1) is 8.99. The molecule has 0 aliphatic rings. The maximum absolute atomic E-state index is 12.0. The van der Waals surface area contributed by atoms with Crippen LogP contribution in [-0.4, -0.2) is 17.0 Å². The molecule has 4 nitrogen and oxygen atoms in total. The van der Waals surface area contributed by atoms with E-state index in [-0.39, 0.29) is 11.5 Å². The summed E-state index contributed by atoms with van der Waals surface area (Å²) in [5.41, 5.74) is 1.59. The summed E-state index contributed by atoms with van der Waals surface area (Å²) in [4.78, 5) is 23.2. The van der Waals surface area contributed by atoms with E-state index in [1.54, 1.807) is 36.6 Å². The second-order valence-electron chi connectivity index (χ2n) is 3.90. The molecule has 0 spiro atoms. The Hall–Kier alpha value is -1.41. The van der Waals surface area contributed by atoms with E-state index < -0.39 is 5.97 Å². The van der Waals surface area contributed by atoms with Gasteiger partial charge in [-0.2, -0.15) is 0 Å². The second-order valence-corrected chi connectivity index (χ2v) is 6.70. The lowest BCUT2D eigenvalue weighted by atomic mass is 10.1. The SMILES string of the molecule is Cc1cccc(NC(=O)c2csc(I)c2)c1C(=O)O. The minimum atomic E-state index is -1.05. The Bertz CT molecular complexity index is 651. The van der Waals surface area contributed by atoms with E-state index in [2.05, 4.69) is 27.9 Å². The number of hydrogen-bond acceptors (Lipinski definition) is 3. The van der Waals surface area contributed by atoms with Crippen LogP contribution in [0.25, 0.3) is 0 Å². The van der Waals surface area contributed by atoms with Gasteiger partial charge in [0.2, 0.25) is 0 Å². The molecule has 0 bridgehead atoms. The molecule has 1 amide bonds. The van der Waals surface area contributed by atoms with Crippen LogP contribution >= 0.6 is 33.9 Å². The van der Waals surface area contributed by atoms with Crippen LogP contribution in [0.4, 0.5) is 5.69 Å². The minimum Gasteiger partial charge on any atom is -0.478 e. The summed E-state index contributed by atoms with van der Waals surface area (Å²) in [6.45, 7) is 1.70. The van der Waals surface area contributed by atoms with Crippen molar-refractivity contribution < 1.29 is 14.7 Å². The number of hydrogen-bond donors (Lipinski definition) is 2. The topological polar surface area (TPSA) is 66.4 Å². The molecule has 98 valence electrons. The summed E-state index contributed by atoms with van der Waals surface area (Å²) in [7, 11) is 0. The average molecular weight is 387 g/mol. The molecule has 2 rings (SSSR count). The molecule has 0 unspecified atom stereocenters. The van der Waals surface area contributed by atoms with E-state index in [0.29, 0.717) is 16.8 Å². The molecule has 0 atom stereocenters. The van der Waals surface area contributed by atoms with Gasteiger partial charge in [0.1, 0.15) is 0 Å². The zero-order chi connectivity index (χ0) is 14.0. The van der Waals surface area contributed by atoms with Crippen molar-refractivity contribution in [3.8, 4) is 0 Å². The maximum atomic E-state index is 12.0. The number of rotatable bonds is 3.